The standard InChI is InChI=1S/C11H19N5O2/c1-4-18-11(17)10-13-12-9(2)16(10)15-7-5-14(3)6-8-15/h4-8H2,1-3H3. The summed E-state index contributed by atoms with van der Waals surface area (Å²) in [6.45, 7) is 7.58. The van der Waals surface area contributed by atoms with Crippen LogP contribution in [0.3, 0.4) is 0 Å². The van der Waals surface area contributed by atoms with Crippen LogP contribution in [0.2, 0.25) is 0 Å². The minimum absolute atomic E-state index is 0.263. The third-order valence-electron chi connectivity index (χ3n) is 3.02. The largest absolute Gasteiger partial charge is 0.460 e. The molecule has 100 valence electrons. The molecule has 0 saturated carbocycles. The van der Waals surface area contributed by atoms with Gasteiger partial charge >= 0.3 is 5.97 Å². The lowest BCUT2D eigenvalue weighted by atomic mass is 10.4. The van der Waals surface area contributed by atoms with Crippen LogP contribution in [0.15, 0.2) is 0 Å². The first kappa shape index (κ1) is 12.8. The van der Waals surface area contributed by atoms with Crippen LogP contribution >= 0.6 is 0 Å². The van der Waals surface area contributed by atoms with Crippen molar-refractivity contribution in [3.05, 3.63) is 11.6 Å². The fraction of sp³-hybridized carbons (Fsp3) is 0.727. The second-order valence-corrected chi connectivity index (χ2v) is 4.36. The Kier molecular flexibility index (Phi) is 3.81. The maximum atomic E-state index is 11.8. The molecule has 1 aliphatic rings. The number of carbonyl (C=O) groups excluding carboxylic acids is 1. The van der Waals surface area contributed by atoms with Crippen LogP contribution in [0.5, 0.6) is 0 Å². The first-order valence-electron chi connectivity index (χ1n) is 6.16. The van der Waals surface area contributed by atoms with Gasteiger partial charge in [0.25, 0.3) is 5.82 Å². The maximum Gasteiger partial charge on any atom is 0.378 e. The highest BCUT2D eigenvalue weighted by atomic mass is 16.5. The quantitative estimate of drug-likeness (QED) is 0.686. The number of hydrogen-bond donors (Lipinski definition) is 0. The van der Waals surface area contributed by atoms with Gasteiger partial charge < -0.3 is 14.6 Å². The lowest BCUT2D eigenvalue weighted by Gasteiger charge is -2.35. The van der Waals surface area contributed by atoms with Crippen molar-refractivity contribution in [3.8, 4) is 0 Å². The van der Waals surface area contributed by atoms with Crippen molar-refractivity contribution in [3.63, 3.8) is 0 Å². The minimum atomic E-state index is -0.419. The normalized spacial score (nSPS) is 16.9. The number of carbonyl (C=O) groups is 1. The van der Waals surface area contributed by atoms with E-state index in [1.165, 1.54) is 0 Å². The summed E-state index contributed by atoms with van der Waals surface area (Å²) in [6, 6.07) is 0. The number of nitrogens with zero attached hydrogens (tertiary/aromatic N) is 5. The van der Waals surface area contributed by atoms with E-state index in [1.807, 2.05) is 6.92 Å². The topological polar surface area (TPSA) is 63.5 Å². The molecule has 0 unspecified atom stereocenters. The average molecular weight is 253 g/mol. The van der Waals surface area contributed by atoms with Gasteiger partial charge in [-0.05, 0) is 20.9 Å². The third kappa shape index (κ3) is 2.45. The number of hydrogen-bond acceptors (Lipinski definition) is 6. The summed E-state index contributed by atoms with van der Waals surface area (Å²) in [4.78, 5) is 14.1. The maximum absolute atomic E-state index is 11.8. The SMILES string of the molecule is CCOC(=O)c1nnc(C)n1N1CCN(C)CC1. The van der Waals surface area contributed by atoms with Crippen molar-refractivity contribution in [2.75, 3.05) is 44.8 Å². The zero-order valence-electron chi connectivity index (χ0n) is 11.1. The van der Waals surface area contributed by atoms with E-state index in [0.29, 0.717) is 12.4 Å². The number of likely N-dealkylation sites (N-methyl/N-ethyl adjacent to an activating group) is 1. The molecule has 1 saturated heterocycles. The van der Waals surface area contributed by atoms with Gasteiger partial charge in [0, 0.05) is 26.2 Å². The minimum Gasteiger partial charge on any atom is -0.460 e. The van der Waals surface area contributed by atoms with Gasteiger partial charge in [-0.15, -0.1) is 10.2 Å². The molecule has 0 aliphatic carbocycles. The Bertz CT molecular complexity index is 423. The van der Waals surface area contributed by atoms with Gasteiger partial charge in [-0.3, -0.25) is 0 Å². The number of piperazine rings is 1. The lowest BCUT2D eigenvalue weighted by Crippen LogP contribution is -2.51. The van der Waals surface area contributed by atoms with Gasteiger partial charge in [-0.25, -0.2) is 9.47 Å². The summed E-state index contributed by atoms with van der Waals surface area (Å²) in [7, 11) is 2.09. The molecule has 0 aromatic carbocycles. The van der Waals surface area contributed by atoms with E-state index >= 15 is 0 Å². The highest BCUT2D eigenvalue weighted by molar-refractivity contribution is 5.85. The van der Waals surface area contributed by atoms with E-state index in [1.54, 1.807) is 11.6 Å². The van der Waals surface area contributed by atoms with Crippen LogP contribution in [-0.2, 0) is 4.74 Å². The zero-order valence-corrected chi connectivity index (χ0v) is 11.1. The number of rotatable bonds is 3. The second-order valence-electron chi connectivity index (χ2n) is 4.36. The molecule has 0 amide bonds. The summed E-state index contributed by atoms with van der Waals surface area (Å²) in [6.07, 6.45) is 0. The van der Waals surface area contributed by atoms with Crippen LogP contribution in [0.25, 0.3) is 0 Å². The smallest absolute Gasteiger partial charge is 0.378 e. The van der Waals surface area contributed by atoms with Crippen LogP contribution in [0.1, 0.15) is 23.4 Å². The van der Waals surface area contributed by atoms with E-state index < -0.39 is 5.97 Å². The predicted octanol–water partition coefficient (Wildman–Crippen LogP) is -0.353. The molecule has 0 radical (unpaired) electrons. The molecule has 1 aromatic rings. The Hall–Kier alpha value is -1.63. The summed E-state index contributed by atoms with van der Waals surface area (Å²) in [5.41, 5.74) is 0. The summed E-state index contributed by atoms with van der Waals surface area (Å²) < 4.78 is 6.76. The molecule has 2 rings (SSSR count). The Morgan fingerprint density at radius 2 is 1.94 bits per heavy atom. The van der Waals surface area contributed by atoms with Crippen molar-refractivity contribution in [1.29, 1.82) is 0 Å². The molecule has 1 aromatic heterocycles. The first-order chi connectivity index (χ1) is 8.63. The molecule has 1 fully saturated rings. The third-order valence-corrected chi connectivity index (χ3v) is 3.02. The number of aryl methyl sites for hydroxylation is 1. The van der Waals surface area contributed by atoms with Crippen molar-refractivity contribution >= 4 is 5.97 Å². The Morgan fingerprint density at radius 3 is 2.56 bits per heavy atom. The van der Waals surface area contributed by atoms with Crippen LogP contribution in [0, 0.1) is 6.92 Å². The molecule has 0 bridgehead atoms. The number of esters is 1. The fourth-order valence-electron chi connectivity index (χ4n) is 2.02. The van der Waals surface area contributed by atoms with Gasteiger partial charge in [-0.2, -0.15) is 0 Å². The van der Waals surface area contributed by atoms with Gasteiger partial charge in [-0.1, -0.05) is 0 Å². The number of ether oxygens (including phenoxy) is 1. The van der Waals surface area contributed by atoms with E-state index in [-0.39, 0.29) is 5.82 Å². The Morgan fingerprint density at radius 1 is 1.28 bits per heavy atom. The Labute approximate surface area is 106 Å². The van der Waals surface area contributed by atoms with Crippen molar-refractivity contribution in [2.24, 2.45) is 0 Å². The highest BCUT2D eigenvalue weighted by Crippen LogP contribution is 2.07. The average Bonchev–Trinajstić information content (AvgIpc) is 2.73. The molecular formula is C11H19N5O2. The molecule has 2 heterocycles. The van der Waals surface area contributed by atoms with Crippen LogP contribution < -0.4 is 5.01 Å². The molecule has 0 N–H and O–H groups in total. The monoisotopic (exact) mass is 253 g/mol. The van der Waals surface area contributed by atoms with Gasteiger partial charge in [0.2, 0.25) is 0 Å². The van der Waals surface area contributed by atoms with E-state index in [9.17, 15) is 4.79 Å². The van der Waals surface area contributed by atoms with Crippen molar-refractivity contribution < 1.29 is 9.53 Å². The van der Waals surface area contributed by atoms with E-state index in [0.717, 1.165) is 26.2 Å². The van der Waals surface area contributed by atoms with Gasteiger partial charge in [0.05, 0.1) is 6.61 Å². The van der Waals surface area contributed by atoms with Crippen LogP contribution in [-0.4, -0.2) is 65.6 Å². The predicted molar refractivity (Wildman–Crippen MR) is 66.2 cm³/mol. The molecule has 18 heavy (non-hydrogen) atoms. The van der Waals surface area contributed by atoms with Crippen molar-refractivity contribution in [1.82, 2.24) is 19.8 Å². The van der Waals surface area contributed by atoms with E-state index in [2.05, 4.69) is 27.2 Å². The Balaban J connectivity index is 2.21. The molecule has 0 spiro atoms. The van der Waals surface area contributed by atoms with Gasteiger partial charge in [0.1, 0.15) is 5.82 Å². The second kappa shape index (κ2) is 5.34. The van der Waals surface area contributed by atoms with Gasteiger partial charge in [0.15, 0.2) is 0 Å². The lowest BCUT2D eigenvalue weighted by molar-refractivity contribution is 0.0504. The summed E-state index contributed by atoms with van der Waals surface area (Å²) in [5.74, 6) is 0.554. The molecule has 1 aliphatic heterocycles. The molecule has 0 atom stereocenters. The summed E-state index contributed by atoms with van der Waals surface area (Å²) in [5, 5.41) is 9.97. The highest BCUT2D eigenvalue weighted by Gasteiger charge is 2.24. The first-order valence-corrected chi connectivity index (χ1v) is 6.16. The van der Waals surface area contributed by atoms with E-state index in [4.69, 9.17) is 4.74 Å². The zero-order chi connectivity index (χ0) is 13.1. The summed E-state index contributed by atoms with van der Waals surface area (Å²) >= 11 is 0. The molecule has 7 heteroatoms. The fourth-order valence-corrected chi connectivity index (χ4v) is 2.02. The molecular weight excluding hydrogens is 234 g/mol. The molecule has 7 nitrogen and oxygen atoms in total. The van der Waals surface area contributed by atoms with Crippen LogP contribution in [0.4, 0.5) is 0 Å². The number of aromatic nitrogens is 3. The van der Waals surface area contributed by atoms with Crippen molar-refractivity contribution in [2.45, 2.75) is 13.8 Å².